The summed E-state index contributed by atoms with van der Waals surface area (Å²) in [4.78, 5) is 0. The molecule has 44 heavy (non-hydrogen) atoms. The third kappa shape index (κ3) is 7.66. The summed E-state index contributed by atoms with van der Waals surface area (Å²) in [6.07, 6.45) is 30.4. The van der Waals surface area contributed by atoms with Gasteiger partial charge >= 0.3 is 0 Å². The lowest BCUT2D eigenvalue weighted by Crippen LogP contribution is -2.18. The molecule has 8 fully saturated rings. The first-order valence-corrected chi connectivity index (χ1v) is 21.4. The lowest BCUT2D eigenvalue weighted by atomic mass is 9.78. The van der Waals surface area contributed by atoms with E-state index in [0.717, 1.165) is 94.7 Å². The van der Waals surface area contributed by atoms with Crippen molar-refractivity contribution in [2.45, 2.75) is 184 Å². The maximum Gasteiger partial charge on any atom is -0.0355 e. The molecule has 0 heterocycles. The van der Waals surface area contributed by atoms with Gasteiger partial charge in [0, 0.05) is 0 Å². The van der Waals surface area contributed by atoms with E-state index < -0.39 is 0 Å². The van der Waals surface area contributed by atoms with Gasteiger partial charge in [-0.25, -0.2) is 0 Å². The molecule has 0 aromatic carbocycles. The number of hydrogen-bond acceptors (Lipinski definition) is 0. The van der Waals surface area contributed by atoms with E-state index >= 15 is 0 Å². The van der Waals surface area contributed by atoms with Gasteiger partial charge < -0.3 is 0 Å². The van der Waals surface area contributed by atoms with Crippen LogP contribution in [0.1, 0.15) is 184 Å². The lowest BCUT2D eigenvalue weighted by Gasteiger charge is -2.27. The second-order valence-electron chi connectivity index (χ2n) is 18.3. The third-order valence-electron chi connectivity index (χ3n) is 16.7. The molecule has 0 heteroatoms. The van der Waals surface area contributed by atoms with Gasteiger partial charge in [0.2, 0.25) is 0 Å². The summed E-state index contributed by atoms with van der Waals surface area (Å²) in [5, 5.41) is 0. The number of fused-ring (bicyclic) bond motifs is 8. The molecule has 8 rings (SSSR count). The quantitative estimate of drug-likeness (QED) is 0.257. The van der Waals surface area contributed by atoms with Crippen LogP contribution in [0.2, 0.25) is 0 Å². The van der Waals surface area contributed by atoms with Gasteiger partial charge in [0.1, 0.15) is 0 Å². The molecular weight excluding hydrogens is 528 g/mol. The molecule has 6 unspecified atom stereocenters. The van der Waals surface area contributed by atoms with Crippen LogP contribution in [0.25, 0.3) is 0 Å². The highest BCUT2D eigenvalue weighted by Crippen LogP contribution is 2.56. The standard InChI is InChI=1S/4C11H20/c2*1-3-9-5-8-6-10(4-2)11(9)7-8;2*1-3-8-5-11-7-10(8)6-9(11)4-2/h4*8-11H,3-7H2,1-2H3/t8?,9-,10+,11?;8?,9-,10-,11?;8-,9+,10?,11?;8-,9-,10?,11?/m.0.0/s1. The summed E-state index contributed by atoms with van der Waals surface area (Å²) in [5.41, 5.74) is 0. The molecule has 0 saturated heterocycles. The van der Waals surface area contributed by atoms with E-state index in [1.165, 1.54) is 51.4 Å². The zero-order chi connectivity index (χ0) is 31.4. The Morgan fingerprint density at radius 3 is 0.636 bits per heavy atom. The summed E-state index contributed by atoms with van der Waals surface area (Å²) >= 11 is 0. The van der Waals surface area contributed by atoms with E-state index in [1.807, 2.05) is 0 Å². The summed E-state index contributed by atoms with van der Waals surface area (Å²) < 4.78 is 0. The Morgan fingerprint density at radius 2 is 0.477 bits per heavy atom. The second kappa shape index (κ2) is 16.4. The Kier molecular flexibility index (Phi) is 13.2. The van der Waals surface area contributed by atoms with Gasteiger partial charge in [-0.1, -0.05) is 107 Å². The van der Waals surface area contributed by atoms with Crippen molar-refractivity contribution in [2.24, 2.45) is 94.7 Å². The number of hydrogen-bond donors (Lipinski definition) is 0. The van der Waals surface area contributed by atoms with E-state index in [9.17, 15) is 0 Å². The molecule has 0 amide bonds. The first kappa shape index (κ1) is 35.3. The second-order valence-corrected chi connectivity index (χ2v) is 18.3. The van der Waals surface area contributed by atoms with Crippen molar-refractivity contribution in [1.29, 1.82) is 0 Å². The summed E-state index contributed by atoms with van der Waals surface area (Å²) in [6.45, 7) is 19.0. The van der Waals surface area contributed by atoms with Crippen molar-refractivity contribution in [1.82, 2.24) is 0 Å². The molecular formula is C44H80. The highest BCUT2D eigenvalue weighted by molar-refractivity contribution is 4.96. The van der Waals surface area contributed by atoms with E-state index in [4.69, 9.17) is 0 Å². The number of rotatable bonds is 8. The molecule has 0 N–H and O–H groups in total. The predicted molar refractivity (Wildman–Crippen MR) is 194 cm³/mol. The molecule has 8 bridgehead atoms. The maximum atomic E-state index is 2.37. The van der Waals surface area contributed by atoms with Gasteiger partial charge in [-0.2, -0.15) is 0 Å². The Labute approximate surface area is 277 Å². The fraction of sp³-hybridized carbons (Fsp3) is 1.00. The van der Waals surface area contributed by atoms with E-state index in [2.05, 4.69) is 55.4 Å². The van der Waals surface area contributed by atoms with Crippen LogP contribution in [-0.4, -0.2) is 0 Å². The minimum atomic E-state index is 1.11. The smallest absolute Gasteiger partial charge is 0.0355 e. The molecule has 8 aliphatic carbocycles. The average Bonchev–Trinajstić information content (AvgIpc) is 3.93. The molecule has 0 aliphatic heterocycles. The fourth-order valence-electron chi connectivity index (χ4n) is 14.2. The average molecular weight is 609 g/mol. The van der Waals surface area contributed by atoms with Gasteiger partial charge in [0.15, 0.2) is 0 Å². The molecule has 0 aromatic rings. The SMILES string of the molecule is CC[C@@H]1CC2CC1C[C@@H]2CC.CC[C@@H]1CC2CC1[C@@H](CC)C2.CC[C@H]1CC2CC1C[C@@H]2CC.CC[C@H]1CC2CC1[C@@H](CC)C2. The van der Waals surface area contributed by atoms with Gasteiger partial charge in [-0.15, -0.1) is 0 Å². The first-order chi connectivity index (χ1) is 21.4. The molecule has 8 aliphatic rings. The normalized spacial score (nSPS) is 48.5. The van der Waals surface area contributed by atoms with Crippen LogP contribution < -0.4 is 0 Å². The van der Waals surface area contributed by atoms with E-state index in [0.29, 0.717) is 0 Å². The largest absolute Gasteiger partial charge is 0.0651 e. The zero-order valence-electron chi connectivity index (χ0n) is 31.4. The van der Waals surface area contributed by atoms with Crippen molar-refractivity contribution >= 4 is 0 Å². The van der Waals surface area contributed by atoms with E-state index in [1.54, 1.807) is 77.0 Å². The molecule has 0 radical (unpaired) electrons. The first-order valence-electron chi connectivity index (χ1n) is 21.4. The van der Waals surface area contributed by atoms with Crippen LogP contribution in [0.4, 0.5) is 0 Å². The summed E-state index contributed by atoms with van der Waals surface area (Å²) in [7, 11) is 0. The Balaban J connectivity index is 0.000000116. The van der Waals surface area contributed by atoms with Gasteiger partial charge in [-0.05, 0) is 172 Å². The Morgan fingerprint density at radius 1 is 0.250 bits per heavy atom. The van der Waals surface area contributed by atoms with Crippen LogP contribution in [0.3, 0.4) is 0 Å². The highest BCUT2D eigenvalue weighted by Gasteiger charge is 2.46. The predicted octanol–water partition coefficient (Wildman–Crippen LogP) is 13.9. The molecule has 0 spiro atoms. The minimum absolute atomic E-state index is 1.11. The van der Waals surface area contributed by atoms with Crippen LogP contribution in [-0.2, 0) is 0 Å². The Bertz CT molecular complexity index is 700. The lowest BCUT2D eigenvalue weighted by molar-refractivity contribution is 0.227. The van der Waals surface area contributed by atoms with Gasteiger partial charge in [-0.3, -0.25) is 0 Å². The van der Waals surface area contributed by atoms with Gasteiger partial charge in [0.05, 0.1) is 0 Å². The van der Waals surface area contributed by atoms with Crippen LogP contribution in [0.15, 0.2) is 0 Å². The van der Waals surface area contributed by atoms with Crippen LogP contribution in [0.5, 0.6) is 0 Å². The third-order valence-corrected chi connectivity index (χ3v) is 16.7. The van der Waals surface area contributed by atoms with Gasteiger partial charge in [0.25, 0.3) is 0 Å². The molecule has 14 atom stereocenters. The van der Waals surface area contributed by atoms with E-state index in [-0.39, 0.29) is 0 Å². The summed E-state index contributed by atoms with van der Waals surface area (Å²) in [6, 6.07) is 0. The fourth-order valence-corrected chi connectivity index (χ4v) is 14.2. The molecule has 8 saturated carbocycles. The van der Waals surface area contributed by atoms with Crippen molar-refractivity contribution in [3.8, 4) is 0 Å². The summed E-state index contributed by atoms with van der Waals surface area (Å²) in [5.74, 6) is 18.0. The molecule has 256 valence electrons. The van der Waals surface area contributed by atoms with Crippen molar-refractivity contribution in [3.63, 3.8) is 0 Å². The van der Waals surface area contributed by atoms with Crippen LogP contribution >= 0.6 is 0 Å². The van der Waals surface area contributed by atoms with Crippen LogP contribution in [0, 0.1) is 94.7 Å². The maximum absolute atomic E-state index is 2.37. The Hall–Kier alpha value is 0. The highest BCUT2D eigenvalue weighted by atomic mass is 14.5. The minimum Gasteiger partial charge on any atom is -0.0651 e. The molecule has 0 aromatic heterocycles. The topological polar surface area (TPSA) is 0 Å². The zero-order valence-corrected chi connectivity index (χ0v) is 31.4. The monoisotopic (exact) mass is 609 g/mol. The van der Waals surface area contributed by atoms with Crippen molar-refractivity contribution < 1.29 is 0 Å². The molecule has 0 nitrogen and oxygen atoms in total. The van der Waals surface area contributed by atoms with Crippen molar-refractivity contribution in [3.05, 3.63) is 0 Å². The van der Waals surface area contributed by atoms with Crippen molar-refractivity contribution in [2.75, 3.05) is 0 Å².